The molecule has 2 fully saturated rings. The van der Waals surface area contributed by atoms with Crippen LogP contribution >= 0.6 is 0 Å². The predicted octanol–water partition coefficient (Wildman–Crippen LogP) is 5.43. The third-order valence-corrected chi connectivity index (χ3v) is 9.35. The van der Waals surface area contributed by atoms with Gasteiger partial charge in [0, 0.05) is 43.9 Å². The van der Waals surface area contributed by atoms with Gasteiger partial charge in [0.15, 0.2) is 0 Å². The molecular formula is C34H39F4N7O4. The highest BCUT2D eigenvalue weighted by Crippen LogP contribution is 2.47. The highest BCUT2D eigenvalue weighted by atomic mass is 19.4. The topological polar surface area (TPSA) is 141 Å². The zero-order valence-electron chi connectivity index (χ0n) is 27.4. The second-order valence-corrected chi connectivity index (χ2v) is 13.3. The minimum absolute atomic E-state index is 0.0533. The smallest absolute Gasteiger partial charge is 0.429 e. The van der Waals surface area contributed by atoms with Gasteiger partial charge in [-0.25, -0.2) is 9.07 Å². The van der Waals surface area contributed by atoms with Crippen molar-refractivity contribution in [3.63, 3.8) is 0 Å². The molecule has 3 atom stereocenters. The first-order chi connectivity index (χ1) is 23.1. The monoisotopic (exact) mass is 685 g/mol. The number of piperidine rings is 1. The summed E-state index contributed by atoms with van der Waals surface area (Å²) in [5, 5.41) is 16.6. The van der Waals surface area contributed by atoms with Crippen molar-refractivity contribution < 1.29 is 36.9 Å². The number of carboxylic acids is 1. The first-order valence-corrected chi connectivity index (χ1v) is 16.1. The van der Waals surface area contributed by atoms with Gasteiger partial charge in [-0.15, -0.1) is 0 Å². The second kappa shape index (κ2) is 13.0. The quantitative estimate of drug-likeness (QED) is 0.250. The van der Waals surface area contributed by atoms with Gasteiger partial charge < -0.3 is 30.5 Å². The first-order valence-electron chi connectivity index (χ1n) is 16.1. The molecule has 3 aromatic rings. The number of rotatable bonds is 9. The summed E-state index contributed by atoms with van der Waals surface area (Å²) in [6.07, 6.45) is -2.65. The number of anilines is 2. The number of nitrogen functional groups attached to an aromatic ring is 1. The summed E-state index contributed by atoms with van der Waals surface area (Å²) in [7, 11) is 0. The maximum atomic E-state index is 17.4. The standard InChI is InChI=1S/C34H39F4N7O4/c1-20(2)48-24-7-4-22(5-8-24)23-6-9-25(33(35,17-23)45-13-10-21(3)43-45)29(34(36,37)38)49-28-16-27(41-31(39)42-28)44-14-11-32(12-15-44)18-26(30(46)47)40-19-32/h4-10,13,16,20,26,29,40H,11-12,14-15,17-19H2,1-3H3,(H,46,47)(H2,39,41,42)/t26-,29+,33?/m0/s1. The van der Waals surface area contributed by atoms with Gasteiger partial charge in [0.25, 0.3) is 0 Å². The van der Waals surface area contributed by atoms with Gasteiger partial charge in [0.2, 0.25) is 23.7 Å². The van der Waals surface area contributed by atoms with E-state index in [1.54, 1.807) is 31.2 Å². The Labute approximate surface area is 280 Å². The molecule has 1 spiro atoms. The van der Waals surface area contributed by atoms with E-state index in [0.29, 0.717) is 61.5 Å². The molecule has 262 valence electrons. The number of aliphatic carboxylic acids is 1. The molecule has 0 saturated carbocycles. The minimum atomic E-state index is -5.06. The Balaban J connectivity index is 1.29. The molecule has 3 aliphatic rings. The summed E-state index contributed by atoms with van der Waals surface area (Å²) >= 11 is 0. The number of hydrogen-bond donors (Lipinski definition) is 3. The molecule has 11 nitrogen and oxygen atoms in total. The third kappa shape index (κ3) is 7.21. The van der Waals surface area contributed by atoms with Crippen molar-refractivity contribution in [1.29, 1.82) is 0 Å². The molecule has 4 heterocycles. The largest absolute Gasteiger partial charge is 0.491 e. The molecule has 2 saturated heterocycles. The molecular weight excluding hydrogens is 646 g/mol. The van der Waals surface area contributed by atoms with Crippen molar-refractivity contribution in [3.05, 3.63) is 71.6 Å². The van der Waals surface area contributed by atoms with Gasteiger partial charge in [-0.2, -0.15) is 28.2 Å². The van der Waals surface area contributed by atoms with Gasteiger partial charge in [0.05, 0.1) is 11.8 Å². The number of aryl methyl sites for hydroxylation is 1. The SMILES string of the molecule is Cc1ccn(C2(F)CC(c3ccc(OC(C)C)cc3)=CC=C2[C@@H](Oc2cc(N3CCC4(CC3)CN[C@H](C(=O)O)C4)nc(N)n2)C(F)(F)F)n1. The van der Waals surface area contributed by atoms with E-state index < -0.39 is 48.0 Å². The van der Waals surface area contributed by atoms with Crippen LogP contribution in [0.1, 0.15) is 50.8 Å². The lowest BCUT2D eigenvalue weighted by Crippen LogP contribution is -2.46. The second-order valence-electron chi connectivity index (χ2n) is 13.3. The Hall–Kier alpha value is -4.66. The number of nitrogens with zero attached hydrogens (tertiary/aromatic N) is 5. The maximum absolute atomic E-state index is 17.4. The molecule has 6 rings (SSSR count). The molecule has 0 radical (unpaired) electrons. The van der Waals surface area contributed by atoms with E-state index in [2.05, 4.69) is 20.4 Å². The van der Waals surface area contributed by atoms with Crippen molar-refractivity contribution in [2.45, 2.75) is 76.7 Å². The highest BCUT2D eigenvalue weighted by Gasteiger charge is 2.54. The Bertz CT molecular complexity index is 1750. The average molecular weight is 686 g/mol. The van der Waals surface area contributed by atoms with Crippen molar-refractivity contribution in [2.75, 3.05) is 30.3 Å². The van der Waals surface area contributed by atoms with Crippen LogP contribution in [0.25, 0.3) is 5.57 Å². The summed E-state index contributed by atoms with van der Waals surface area (Å²) in [5.74, 6) is -3.54. The molecule has 0 amide bonds. The van der Waals surface area contributed by atoms with Gasteiger partial charge >= 0.3 is 12.1 Å². The minimum Gasteiger partial charge on any atom is -0.491 e. The number of carbonyl (C=O) groups is 1. The van der Waals surface area contributed by atoms with E-state index in [0.717, 1.165) is 10.8 Å². The first kappa shape index (κ1) is 34.2. The highest BCUT2D eigenvalue weighted by molar-refractivity contribution is 5.74. The maximum Gasteiger partial charge on any atom is 0.429 e. The number of nitrogens with one attached hydrogen (secondary N) is 1. The lowest BCUT2D eigenvalue weighted by molar-refractivity contribution is -0.191. The number of carboxylic acid groups (broad SMARTS) is 1. The van der Waals surface area contributed by atoms with Crippen LogP contribution in [0.4, 0.5) is 29.3 Å². The zero-order valence-corrected chi connectivity index (χ0v) is 27.4. The molecule has 4 N–H and O–H groups in total. The fourth-order valence-electron chi connectivity index (χ4n) is 6.83. The van der Waals surface area contributed by atoms with Crippen LogP contribution in [-0.4, -0.2) is 74.9 Å². The Kier molecular flexibility index (Phi) is 9.07. The summed E-state index contributed by atoms with van der Waals surface area (Å²) in [6.45, 7) is 6.91. The molecule has 2 aliphatic heterocycles. The fraction of sp³-hybridized carbons (Fsp3) is 0.471. The van der Waals surface area contributed by atoms with E-state index >= 15 is 4.39 Å². The average Bonchev–Trinajstić information content (AvgIpc) is 3.67. The Morgan fingerprint density at radius 2 is 1.82 bits per heavy atom. The number of ether oxygens (including phenoxy) is 2. The number of allylic oxidation sites excluding steroid dienone is 3. The van der Waals surface area contributed by atoms with Crippen LogP contribution in [0, 0.1) is 12.3 Å². The van der Waals surface area contributed by atoms with Crippen molar-refractivity contribution in [2.24, 2.45) is 5.41 Å². The summed E-state index contributed by atoms with van der Waals surface area (Å²) in [6, 6.07) is 9.09. The number of aromatic nitrogens is 4. The lowest BCUT2D eigenvalue weighted by Gasteiger charge is -2.39. The molecule has 1 unspecified atom stereocenters. The van der Waals surface area contributed by atoms with E-state index in [4.69, 9.17) is 15.2 Å². The number of nitrogens with two attached hydrogens (primary N) is 1. The van der Waals surface area contributed by atoms with Crippen molar-refractivity contribution in [3.8, 4) is 11.6 Å². The summed E-state index contributed by atoms with van der Waals surface area (Å²) in [4.78, 5) is 21.5. The Morgan fingerprint density at radius 1 is 1.10 bits per heavy atom. The van der Waals surface area contributed by atoms with E-state index in [9.17, 15) is 23.1 Å². The van der Waals surface area contributed by atoms with Crippen LogP contribution in [0.5, 0.6) is 11.6 Å². The van der Waals surface area contributed by atoms with E-state index in [-0.39, 0.29) is 23.3 Å². The van der Waals surface area contributed by atoms with Crippen molar-refractivity contribution >= 4 is 23.3 Å². The molecule has 1 aliphatic carbocycles. The van der Waals surface area contributed by atoms with Gasteiger partial charge in [-0.05, 0) is 74.8 Å². The molecule has 1 aromatic carbocycles. The van der Waals surface area contributed by atoms with Crippen LogP contribution in [0.2, 0.25) is 0 Å². The molecule has 0 bridgehead atoms. The van der Waals surface area contributed by atoms with Gasteiger partial charge in [-0.1, -0.05) is 24.3 Å². The number of halogens is 4. The number of hydrogen-bond acceptors (Lipinski definition) is 9. The Morgan fingerprint density at radius 3 is 2.41 bits per heavy atom. The van der Waals surface area contributed by atoms with Gasteiger partial charge in [-0.3, -0.25) is 4.79 Å². The van der Waals surface area contributed by atoms with Gasteiger partial charge in [0.1, 0.15) is 17.6 Å². The van der Waals surface area contributed by atoms with Crippen LogP contribution in [-0.2, 0) is 10.6 Å². The van der Waals surface area contributed by atoms with E-state index in [1.807, 2.05) is 18.7 Å². The lowest BCUT2D eigenvalue weighted by atomic mass is 9.76. The molecule has 2 aromatic heterocycles. The van der Waals surface area contributed by atoms with Crippen LogP contribution in [0.15, 0.2) is 60.3 Å². The number of alkyl halides is 4. The van der Waals surface area contributed by atoms with Crippen LogP contribution < -0.4 is 25.4 Å². The zero-order chi connectivity index (χ0) is 35.1. The van der Waals surface area contributed by atoms with E-state index in [1.165, 1.54) is 24.4 Å². The normalized spacial score (nSPS) is 22.9. The predicted molar refractivity (Wildman–Crippen MR) is 174 cm³/mol. The summed E-state index contributed by atoms with van der Waals surface area (Å²) < 4.78 is 74.2. The molecule has 49 heavy (non-hydrogen) atoms. The summed E-state index contributed by atoms with van der Waals surface area (Å²) in [5.41, 5.74) is 6.56. The van der Waals surface area contributed by atoms with Crippen LogP contribution in [0.3, 0.4) is 0 Å². The number of benzene rings is 1. The van der Waals surface area contributed by atoms with Crippen molar-refractivity contribution in [1.82, 2.24) is 25.1 Å². The molecule has 15 heteroatoms. The fourth-order valence-corrected chi connectivity index (χ4v) is 6.83. The third-order valence-electron chi connectivity index (χ3n) is 9.35.